The van der Waals surface area contributed by atoms with Crippen LogP contribution in [0.3, 0.4) is 0 Å². The van der Waals surface area contributed by atoms with Crippen molar-refractivity contribution in [3.8, 4) is 11.5 Å². The molecule has 1 unspecified atom stereocenters. The van der Waals surface area contributed by atoms with Gasteiger partial charge in [-0.2, -0.15) is 0 Å². The van der Waals surface area contributed by atoms with Gasteiger partial charge in [0.05, 0.1) is 12.7 Å². The van der Waals surface area contributed by atoms with Crippen LogP contribution in [0.1, 0.15) is 19.4 Å². The van der Waals surface area contributed by atoms with Crippen molar-refractivity contribution in [2.75, 3.05) is 20.3 Å². The molecule has 4 nitrogen and oxygen atoms in total. The summed E-state index contributed by atoms with van der Waals surface area (Å²) >= 11 is 0. The highest BCUT2D eigenvalue weighted by molar-refractivity contribution is 5.41. The molecule has 0 spiro atoms. The molecule has 0 aliphatic rings. The third-order valence-corrected chi connectivity index (χ3v) is 2.49. The third-order valence-electron chi connectivity index (χ3n) is 2.49. The lowest BCUT2D eigenvalue weighted by atomic mass is 10.2. The van der Waals surface area contributed by atoms with Crippen molar-refractivity contribution in [3.63, 3.8) is 0 Å². The van der Waals surface area contributed by atoms with Gasteiger partial charge in [0, 0.05) is 20.2 Å². The number of phenols is 1. The molecule has 1 rings (SSSR count). The summed E-state index contributed by atoms with van der Waals surface area (Å²) in [5.74, 6) is 0.715. The Bertz CT molecular complexity index is 341. The lowest BCUT2D eigenvalue weighted by Crippen LogP contribution is -2.25. The van der Waals surface area contributed by atoms with E-state index in [0.29, 0.717) is 12.4 Å². The third kappa shape index (κ3) is 4.63. The van der Waals surface area contributed by atoms with E-state index in [1.54, 1.807) is 13.2 Å². The van der Waals surface area contributed by atoms with Gasteiger partial charge < -0.3 is 19.9 Å². The number of ether oxygens (including phenoxy) is 2. The minimum Gasteiger partial charge on any atom is -0.504 e. The molecule has 0 aliphatic carbocycles. The average Bonchev–Trinajstić information content (AvgIpc) is 2.33. The summed E-state index contributed by atoms with van der Waals surface area (Å²) in [6.07, 6.45) is 0.193. The summed E-state index contributed by atoms with van der Waals surface area (Å²) < 4.78 is 10.5. The number of benzene rings is 1. The fourth-order valence-electron chi connectivity index (χ4n) is 1.44. The summed E-state index contributed by atoms with van der Waals surface area (Å²) in [5.41, 5.74) is 1.08. The van der Waals surface area contributed by atoms with Crippen LogP contribution in [-0.2, 0) is 11.3 Å². The number of phenolic OH excluding ortho intramolecular Hbond substituents is 1. The van der Waals surface area contributed by atoms with Crippen molar-refractivity contribution < 1.29 is 14.6 Å². The predicted molar refractivity (Wildman–Crippen MR) is 67.5 cm³/mol. The maximum atomic E-state index is 9.55. The van der Waals surface area contributed by atoms with Gasteiger partial charge in [0.15, 0.2) is 11.5 Å². The average molecular weight is 239 g/mol. The first-order valence-electron chi connectivity index (χ1n) is 5.85. The molecular weight excluding hydrogens is 218 g/mol. The molecule has 0 saturated carbocycles. The van der Waals surface area contributed by atoms with Crippen molar-refractivity contribution >= 4 is 0 Å². The second-order valence-corrected chi connectivity index (χ2v) is 3.91. The molecule has 1 aromatic rings. The Morgan fingerprint density at radius 2 is 2.18 bits per heavy atom. The minimum absolute atomic E-state index is 0.181. The van der Waals surface area contributed by atoms with Crippen LogP contribution in [0, 0.1) is 0 Å². The molecule has 0 fully saturated rings. The van der Waals surface area contributed by atoms with Crippen LogP contribution in [0.4, 0.5) is 0 Å². The molecule has 4 heteroatoms. The molecule has 17 heavy (non-hydrogen) atoms. The van der Waals surface area contributed by atoms with E-state index in [9.17, 15) is 5.11 Å². The molecule has 0 aliphatic heterocycles. The number of nitrogens with one attached hydrogen (secondary N) is 1. The number of hydrogen-bond acceptors (Lipinski definition) is 4. The van der Waals surface area contributed by atoms with Crippen LogP contribution >= 0.6 is 0 Å². The van der Waals surface area contributed by atoms with Gasteiger partial charge in [-0.05, 0) is 31.5 Å². The maximum absolute atomic E-state index is 9.55. The molecule has 0 amide bonds. The predicted octanol–water partition coefficient (Wildman–Crippen LogP) is 1.92. The molecular formula is C13H21NO3. The van der Waals surface area contributed by atoms with Crippen LogP contribution in [0.15, 0.2) is 18.2 Å². The van der Waals surface area contributed by atoms with Crippen LogP contribution in [0.2, 0.25) is 0 Å². The highest BCUT2D eigenvalue weighted by atomic mass is 16.5. The topological polar surface area (TPSA) is 50.7 Å². The first-order chi connectivity index (χ1) is 8.17. The van der Waals surface area contributed by atoms with Crippen molar-refractivity contribution in [1.29, 1.82) is 0 Å². The van der Waals surface area contributed by atoms with Crippen LogP contribution in [-0.4, -0.2) is 31.5 Å². The zero-order valence-corrected chi connectivity index (χ0v) is 10.7. The molecule has 2 N–H and O–H groups in total. The van der Waals surface area contributed by atoms with E-state index >= 15 is 0 Å². The van der Waals surface area contributed by atoms with Crippen LogP contribution < -0.4 is 10.1 Å². The summed E-state index contributed by atoms with van der Waals surface area (Å²) in [6, 6.07) is 5.38. The molecule has 1 atom stereocenters. The fourth-order valence-corrected chi connectivity index (χ4v) is 1.44. The van der Waals surface area contributed by atoms with E-state index in [-0.39, 0.29) is 11.9 Å². The molecule has 0 bridgehead atoms. The first kappa shape index (κ1) is 13.8. The SMILES string of the molecule is CCOc1cc(CNCC(C)OC)ccc1O. The Labute approximate surface area is 103 Å². The van der Waals surface area contributed by atoms with Crippen LogP contribution in [0.5, 0.6) is 11.5 Å². The number of aromatic hydroxyl groups is 1. The lowest BCUT2D eigenvalue weighted by molar-refractivity contribution is 0.117. The molecule has 1 aromatic carbocycles. The molecule has 0 aromatic heterocycles. The molecule has 0 radical (unpaired) electrons. The van der Waals surface area contributed by atoms with Gasteiger partial charge in [0.1, 0.15) is 0 Å². The summed E-state index contributed by atoms with van der Waals surface area (Å²) in [6.45, 7) is 5.97. The van der Waals surface area contributed by atoms with Gasteiger partial charge >= 0.3 is 0 Å². The van der Waals surface area contributed by atoms with E-state index < -0.39 is 0 Å². The van der Waals surface area contributed by atoms with Gasteiger partial charge in [0.2, 0.25) is 0 Å². The second kappa shape index (κ2) is 7.14. The second-order valence-electron chi connectivity index (χ2n) is 3.91. The zero-order chi connectivity index (χ0) is 12.7. The van der Waals surface area contributed by atoms with Crippen molar-refractivity contribution in [2.45, 2.75) is 26.5 Å². The Hall–Kier alpha value is -1.26. The van der Waals surface area contributed by atoms with E-state index in [0.717, 1.165) is 18.7 Å². The Morgan fingerprint density at radius 3 is 2.82 bits per heavy atom. The number of rotatable bonds is 7. The Morgan fingerprint density at radius 1 is 1.41 bits per heavy atom. The van der Waals surface area contributed by atoms with Gasteiger partial charge in [-0.25, -0.2) is 0 Å². The monoisotopic (exact) mass is 239 g/mol. The molecule has 96 valence electrons. The van der Waals surface area contributed by atoms with Gasteiger partial charge in [0.25, 0.3) is 0 Å². The fraction of sp³-hybridized carbons (Fsp3) is 0.538. The first-order valence-corrected chi connectivity index (χ1v) is 5.85. The molecule has 0 heterocycles. The normalized spacial score (nSPS) is 12.4. The Kier molecular flexibility index (Phi) is 5.80. The van der Waals surface area contributed by atoms with Gasteiger partial charge in [-0.15, -0.1) is 0 Å². The molecule has 0 saturated heterocycles. The standard InChI is InChI=1S/C13H21NO3/c1-4-17-13-7-11(5-6-12(13)15)9-14-8-10(2)16-3/h5-7,10,14-15H,4,8-9H2,1-3H3. The lowest BCUT2D eigenvalue weighted by Gasteiger charge is -2.12. The largest absolute Gasteiger partial charge is 0.504 e. The quantitative estimate of drug-likeness (QED) is 0.763. The number of methoxy groups -OCH3 is 1. The Balaban J connectivity index is 2.51. The smallest absolute Gasteiger partial charge is 0.161 e. The highest BCUT2D eigenvalue weighted by Crippen LogP contribution is 2.26. The van der Waals surface area contributed by atoms with Crippen molar-refractivity contribution in [2.24, 2.45) is 0 Å². The maximum Gasteiger partial charge on any atom is 0.161 e. The van der Waals surface area contributed by atoms with Crippen molar-refractivity contribution in [1.82, 2.24) is 5.32 Å². The van der Waals surface area contributed by atoms with E-state index in [4.69, 9.17) is 9.47 Å². The van der Waals surface area contributed by atoms with Gasteiger partial charge in [-0.1, -0.05) is 6.07 Å². The van der Waals surface area contributed by atoms with Crippen molar-refractivity contribution in [3.05, 3.63) is 23.8 Å². The summed E-state index contributed by atoms with van der Waals surface area (Å²) in [7, 11) is 1.69. The van der Waals surface area contributed by atoms with E-state index in [1.807, 2.05) is 26.0 Å². The highest BCUT2D eigenvalue weighted by Gasteiger charge is 2.04. The summed E-state index contributed by atoms with van der Waals surface area (Å²) in [4.78, 5) is 0. The van der Waals surface area contributed by atoms with E-state index in [2.05, 4.69) is 5.32 Å². The van der Waals surface area contributed by atoms with E-state index in [1.165, 1.54) is 0 Å². The van der Waals surface area contributed by atoms with Gasteiger partial charge in [-0.3, -0.25) is 0 Å². The zero-order valence-electron chi connectivity index (χ0n) is 10.7. The van der Waals surface area contributed by atoms with Crippen LogP contribution in [0.25, 0.3) is 0 Å². The number of hydrogen-bond donors (Lipinski definition) is 2. The minimum atomic E-state index is 0.181. The summed E-state index contributed by atoms with van der Waals surface area (Å²) in [5, 5.41) is 12.8.